The van der Waals surface area contributed by atoms with Crippen molar-refractivity contribution in [1.82, 2.24) is 4.90 Å². The van der Waals surface area contributed by atoms with Gasteiger partial charge in [0, 0.05) is 6.07 Å². The number of carbonyl (C=O) groups is 3. The Labute approximate surface area is 159 Å². The summed E-state index contributed by atoms with van der Waals surface area (Å²) in [6.07, 6.45) is 0. The van der Waals surface area contributed by atoms with Crippen molar-refractivity contribution < 1.29 is 28.8 Å². The van der Waals surface area contributed by atoms with E-state index in [0.717, 1.165) is 11.6 Å². The Balaban J connectivity index is 1.55. The van der Waals surface area contributed by atoms with Gasteiger partial charge in [-0.05, 0) is 25.1 Å². The molecule has 0 spiro atoms. The van der Waals surface area contributed by atoms with E-state index in [9.17, 15) is 24.5 Å². The number of nitro benzene ring substituents is 1. The van der Waals surface area contributed by atoms with E-state index < -0.39 is 34.9 Å². The van der Waals surface area contributed by atoms with Crippen molar-refractivity contribution in [1.29, 1.82) is 0 Å². The van der Waals surface area contributed by atoms with Crippen LogP contribution in [0.15, 0.2) is 42.5 Å². The summed E-state index contributed by atoms with van der Waals surface area (Å²) in [6.45, 7) is 1.34. The van der Waals surface area contributed by atoms with E-state index in [0.29, 0.717) is 10.6 Å². The van der Waals surface area contributed by atoms with Gasteiger partial charge in [-0.15, -0.1) is 0 Å². The normalized spacial score (nSPS) is 12.7. The first-order valence-corrected chi connectivity index (χ1v) is 8.37. The van der Waals surface area contributed by atoms with Crippen LogP contribution in [0.4, 0.5) is 5.69 Å². The van der Waals surface area contributed by atoms with Gasteiger partial charge < -0.3 is 9.47 Å². The molecule has 9 heteroatoms. The molecule has 0 aromatic heterocycles. The smallest absolute Gasteiger partial charge is 0.326 e. The number of imide groups is 1. The molecule has 0 N–H and O–H groups in total. The molecule has 1 aliphatic rings. The molecule has 0 radical (unpaired) electrons. The second-order valence-corrected chi connectivity index (χ2v) is 6.04. The third-order valence-corrected chi connectivity index (χ3v) is 4.10. The van der Waals surface area contributed by atoms with Gasteiger partial charge in [0.1, 0.15) is 31.1 Å². The number of ether oxygens (including phenoxy) is 2. The van der Waals surface area contributed by atoms with Crippen LogP contribution in [0.5, 0.6) is 5.75 Å². The zero-order valence-corrected chi connectivity index (χ0v) is 14.9. The number of hydrogen-bond donors (Lipinski definition) is 0. The van der Waals surface area contributed by atoms with Crippen LogP contribution >= 0.6 is 0 Å². The van der Waals surface area contributed by atoms with Crippen LogP contribution in [-0.2, 0) is 9.53 Å². The summed E-state index contributed by atoms with van der Waals surface area (Å²) in [5.41, 5.74) is 0.195. The third kappa shape index (κ3) is 3.83. The molecule has 3 rings (SSSR count). The number of carbonyl (C=O) groups excluding carboxylic acids is 3. The monoisotopic (exact) mass is 384 g/mol. The molecule has 2 aromatic rings. The number of esters is 1. The molecule has 1 heterocycles. The topological polar surface area (TPSA) is 116 Å². The lowest BCUT2D eigenvalue weighted by Crippen LogP contribution is -2.36. The van der Waals surface area contributed by atoms with Crippen LogP contribution in [0.1, 0.15) is 26.3 Å². The van der Waals surface area contributed by atoms with E-state index >= 15 is 0 Å². The van der Waals surface area contributed by atoms with Crippen molar-refractivity contribution in [2.45, 2.75) is 6.92 Å². The minimum atomic E-state index is -0.889. The van der Waals surface area contributed by atoms with Crippen LogP contribution in [0.25, 0.3) is 0 Å². The van der Waals surface area contributed by atoms with Crippen molar-refractivity contribution in [3.8, 4) is 5.75 Å². The number of nitro groups is 1. The van der Waals surface area contributed by atoms with Crippen LogP contribution in [-0.4, -0.2) is 47.4 Å². The molecule has 0 fully saturated rings. The Kier molecular flexibility index (Phi) is 5.35. The highest BCUT2D eigenvalue weighted by atomic mass is 16.6. The molecule has 0 atom stereocenters. The van der Waals surface area contributed by atoms with Crippen LogP contribution in [0.2, 0.25) is 0 Å². The van der Waals surface area contributed by atoms with E-state index in [2.05, 4.69) is 0 Å². The van der Waals surface area contributed by atoms with Gasteiger partial charge in [0.05, 0.1) is 10.5 Å². The summed E-state index contributed by atoms with van der Waals surface area (Å²) in [6, 6.07) is 11.1. The molecule has 144 valence electrons. The predicted octanol–water partition coefficient (Wildman–Crippen LogP) is 2.12. The molecule has 1 aliphatic heterocycles. The van der Waals surface area contributed by atoms with E-state index in [1.54, 1.807) is 12.1 Å². The molecule has 28 heavy (non-hydrogen) atoms. The highest BCUT2D eigenvalue weighted by molar-refractivity contribution is 6.24. The minimum Gasteiger partial charge on any atom is -0.490 e. The van der Waals surface area contributed by atoms with E-state index in [-0.39, 0.29) is 24.3 Å². The van der Waals surface area contributed by atoms with Gasteiger partial charge in [0.25, 0.3) is 17.5 Å². The van der Waals surface area contributed by atoms with E-state index in [1.807, 2.05) is 19.1 Å². The summed E-state index contributed by atoms with van der Waals surface area (Å²) in [5, 5.41) is 11.1. The van der Waals surface area contributed by atoms with Crippen molar-refractivity contribution in [3.63, 3.8) is 0 Å². The molecule has 0 bridgehead atoms. The zero-order chi connectivity index (χ0) is 20.3. The Morgan fingerprint density at radius 3 is 2.46 bits per heavy atom. The fraction of sp³-hybridized carbons (Fsp3) is 0.211. The molecule has 9 nitrogen and oxygen atoms in total. The maximum atomic E-state index is 12.4. The Morgan fingerprint density at radius 2 is 1.79 bits per heavy atom. The second kappa shape index (κ2) is 7.87. The lowest BCUT2D eigenvalue weighted by atomic mass is 10.1. The fourth-order valence-electron chi connectivity index (χ4n) is 2.74. The second-order valence-electron chi connectivity index (χ2n) is 6.04. The molecule has 0 unspecified atom stereocenters. The summed E-state index contributed by atoms with van der Waals surface area (Å²) in [5.74, 6) is -1.85. The number of hydrogen-bond acceptors (Lipinski definition) is 7. The SMILES string of the molecule is Cc1ccc(OCCOC(=O)CN2C(=O)c3cccc([N+](=O)[O-])c3C2=O)cc1. The number of nitrogens with zero attached hydrogens (tertiary/aromatic N) is 2. The predicted molar refractivity (Wildman–Crippen MR) is 96.1 cm³/mol. The van der Waals surface area contributed by atoms with Gasteiger partial charge in [-0.25, -0.2) is 0 Å². The van der Waals surface area contributed by atoms with E-state index in [1.165, 1.54) is 12.1 Å². The molecular formula is C19H16N2O7. The summed E-state index contributed by atoms with van der Waals surface area (Å²) < 4.78 is 10.4. The highest BCUT2D eigenvalue weighted by Crippen LogP contribution is 2.30. The molecule has 0 saturated carbocycles. The lowest BCUT2D eigenvalue weighted by molar-refractivity contribution is -0.385. The Hall–Kier alpha value is -3.75. The van der Waals surface area contributed by atoms with Crippen LogP contribution in [0.3, 0.4) is 0 Å². The van der Waals surface area contributed by atoms with Gasteiger partial charge in [-0.2, -0.15) is 0 Å². The molecule has 0 saturated heterocycles. The standard InChI is InChI=1S/C19H16N2O7/c1-12-5-7-13(8-6-12)27-9-10-28-16(22)11-20-18(23)14-3-2-4-15(21(25)26)17(14)19(20)24/h2-8H,9-11H2,1H3. The maximum Gasteiger partial charge on any atom is 0.326 e. The Morgan fingerprint density at radius 1 is 1.07 bits per heavy atom. The fourth-order valence-corrected chi connectivity index (χ4v) is 2.74. The molecular weight excluding hydrogens is 368 g/mol. The maximum absolute atomic E-state index is 12.4. The van der Waals surface area contributed by atoms with Crippen molar-refractivity contribution in [2.24, 2.45) is 0 Å². The van der Waals surface area contributed by atoms with Crippen molar-refractivity contribution >= 4 is 23.5 Å². The lowest BCUT2D eigenvalue weighted by Gasteiger charge is -2.13. The first-order valence-electron chi connectivity index (χ1n) is 8.37. The number of fused-ring (bicyclic) bond motifs is 1. The average molecular weight is 384 g/mol. The Bertz CT molecular complexity index is 953. The quantitative estimate of drug-likeness (QED) is 0.236. The highest BCUT2D eigenvalue weighted by Gasteiger charge is 2.41. The first kappa shape index (κ1) is 19.0. The van der Waals surface area contributed by atoms with Gasteiger partial charge in [-0.3, -0.25) is 29.4 Å². The average Bonchev–Trinajstić information content (AvgIpc) is 2.91. The summed E-state index contributed by atoms with van der Waals surface area (Å²) in [4.78, 5) is 47.6. The van der Waals surface area contributed by atoms with Gasteiger partial charge in [0.15, 0.2) is 0 Å². The zero-order valence-electron chi connectivity index (χ0n) is 14.9. The molecule has 2 aromatic carbocycles. The minimum absolute atomic E-state index is 0.0734. The summed E-state index contributed by atoms with van der Waals surface area (Å²) in [7, 11) is 0. The van der Waals surface area contributed by atoms with Crippen LogP contribution in [0, 0.1) is 17.0 Å². The largest absolute Gasteiger partial charge is 0.490 e. The number of benzene rings is 2. The van der Waals surface area contributed by atoms with Crippen molar-refractivity contribution in [2.75, 3.05) is 19.8 Å². The first-order chi connectivity index (χ1) is 13.4. The number of amides is 2. The molecule has 0 aliphatic carbocycles. The molecule has 2 amide bonds. The summed E-state index contributed by atoms with van der Waals surface area (Å²) >= 11 is 0. The third-order valence-electron chi connectivity index (χ3n) is 4.10. The van der Waals surface area contributed by atoms with Gasteiger partial charge >= 0.3 is 5.97 Å². The van der Waals surface area contributed by atoms with Crippen LogP contribution < -0.4 is 4.74 Å². The van der Waals surface area contributed by atoms with Gasteiger partial charge in [-0.1, -0.05) is 23.8 Å². The van der Waals surface area contributed by atoms with Gasteiger partial charge in [0.2, 0.25) is 0 Å². The number of rotatable bonds is 7. The number of aryl methyl sites for hydroxylation is 1. The van der Waals surface area contributed by atoms with Crippen molar-refractivity contribution in [3.05, 3.63) is 69.3 Å². The van der Waals surface area contributed by atoms with E-state index in [4.69, 9.17) is 9.47 Å².